The van der Waals surface area contributed by atoms with E-state index in [1.165, 1.54) is 26.6 Å². The molecule has 2 aromatic heterocycles. The van der Waals surface area contributed by atoms with Crippen molar-refractivity contribution in [2.75, 3.05) is 25.5 Å². The van der Waals surface area contributed by atoms with Crippen LogP contribution >= 0.6 is 11.6 Å². The minimum atomic E-state index is -3.96. The number of aromatic nitrogens is 5. The SMILES string of the molecule is COc1cccc(OC)c1-n1c(NS(=O)(=O)C(C)C(C)c2ncc(Cl)cn2)nnc1[C@H]1CCO[C@H]1C. The number of ether oxygens (including phenoxy) is 3. The first-order chi connectivity index (χ1) is 17.2. The number of benzene rings is 1. The summed E-state index contributed by atoms with van der Waals surface area (Å²) in [6.07, 6.45) is 3.47. The smallest absolute Gasteiger partial charge is 0.243 e. The number of rotatable bonds is 9. The summed E-state index contributed by atoms with van der Waals surface area (Å²) < 4.78 is 48.3. The average Bonchev–Trinajstić information content (AvgIpc) is 3.47. The van der Waals surface area contributed by atoms with E-state index in [-0.39, 0.29) is 18.0 Å². The molecule has 0 aliphatic carbocycles. The third-order valence-corrected chi connectivity index (χ3v) is 8.55. The summed E-state index contributed by atoms with van der Waals surface area (Å²) in [5.41, 5.74) is 0.487. The van der Waals surface area contributed by atoms with E-state index in [0.717, 1.165) is 0 Å². The molecule has 0 bridgehead atoms. The van der Waals surface area contributed by atoms with E-state index in [2.05, 4.69) is 24.9 Å². The number of methoxy groups -OCH3 is 2. The number of halogens is 1. The lowest BCUT2D eigenvalue weighted by atomic mass is 10.0. The molecule has 11 nitrogen and oxygen atoms in total. The van der Waals surface area contributed by atoms with Crippen LogP contribution in [0, 0.1) is 0 Å². The van der Waals surface area contributed by atoms with Crippen LogP contribution in [0.5, 0.6) is 11.5 Å². The highest BCUT2D eigenvalue weighted by Crippen LogP contribution is 2.40. The van der Waals surface area contributed by atoms with E-state index in [0.29, 0.717) is 46.9 Å². The van der Waals surface area contributed by atoms with Crippen molar-refractivity contribution in [2.45, 2.75) is 50.4 Å². The average molecular weight is 537 g/mol. The Morgan fingerprint density at radius 2 is 1.78 bits per heavy atom. The van der Waals surface area contributed by atoms with Crippen LogP contribution in [0.1, 0.15) is 50.7 Å². The van der Waals surface area contributed by atoms with Gasteiger partial charge in [0.25, 0.3) is 0 Å². The van der Waals surface area contributed by atoms with Crippen LogP contribution in [0.25, 0.3) is 5.69 Å². The third kappa shape index (κ3) is 4.97. The Morgan fingerprint density at radius 3 is 2.33 bits per heavy atom. The second-order valence-electron chi connectivity index (χ2n) is 8.60. The Morgan fingerprint density at radius 1 is 1.14 bits per heavy atom. The number of para-hydroxylation sites is 1. The molecule has 0 amide bonds. The molecular weight excluding hydrogens is 508 g/mol. The largest absolute Gasteiger partial charge is 0.494 e. The number of hydrogen-bond donors (Lipinski definition) is 1. The number of nitrogens with zero attached hydrogens (tertiary/aromatic N) is 5. The van der Waals surface area contributed by atoms with Gasteiger partial charge in [0.2, 0.25) is 16.0 Å². The molecule has 0 spiro atoms. The molecule has 194 valence electrons. The van der Waals surface area contributed by atoms with Crippen molar-refractivity contribution in [1.29, 1.82) is 0 Å². The van der Waals surface area contributed by atoms with Gasteiger partial charge in [-0.15, -0.1) is 10.2 Å². The fourth-order valence-corrected chi connectivity index (χ4v) is 5.53. The fraction of sp³-hybridized carbons (Fsp3) is 0.478. The van der Waals surface area contributed by atoms with Crippen LogP contribution in [-0.4, -0.2) is 65.3 Å². The Balaban J connectivity index is 1.78. The quantitative estimate of drug-likeness (QED) is 0.436. The van der Waals surface area contributed by atoms with E-state index < -0.39 is 21.2 Å². The highest BCUT2D eigenvalue weighted by Gasteiger charge is 2.36. The van der Waals surface area contributed by atoms with E-state index in [9.17, 15) is 8.42 Å². The molecule has 1 saturated heterocycles. The molecule has 3 heterocycles. The topological polar surface area (TPSA) is 130 Å². The van der Waals surface area contributed by atoms with Gasteiger partial charge in [-0.1, -0.05) is 24.6 Å². The first kappa shape index (κ1) is 26.1. The summed E-state index contributed by atoms with van der Waals surface area (Å²) in [6, 6.07) is 5.31. The van der Waals surface area contributed by atoms with Crippen LogP contribution in [0.4, 0.5) is 5.95 Å². The molecule has 1 aromatic carbocycles. The summed E-state index contributed by atoms with van der Waals surface area (Å²) in [7, 11) is -0.901. The van der Waals surface area contributed by atoms with E-state index in [4.69, 9.17) is 25.8 Å². The zero-order chi connectivity index (χ0) is 26.0. The second kappa shape index (κ2) is 10.6. The number of sulfonamides is 1. The first-order valence-corrected chi connectivity index (χ1v) is 13.4. The van der Waals surface area contributed by atoms with Crippen molar-refractivity contribution in [3.63, 3.8) is 0 Å². The molecular formula is C23H29ClN6O5S. The van der Waals surface area contributed by atoms with Gasteiger partial charge in [0.1, 0.15) is 28.8 Å². The number of anilines is 1. The van der Waals surface area contributed by atoms with Crippen molar-refractivity contribution >= 4 is 27.6 Å². The highest BCUT2D eigenvalue weighted by molar-refractivity contribution is 7.93. The monoisotopic (exact) mass is 536 g/mol. The van der Waals surface area contributed by atoms with Crippen molar-refractivity contribution in [3.8, 4) is 17.2 Å². The van der Waals surface area contributed by atoms with Crippen molar-refractivity contribution in [3.05, 3.63) is 47.3 Å². The molecule has 1 aliphatic rings. The predicted octanol–water partition coefficient (Wildman–Crippen LogP) is 3.55. The minimum absolute atomic E-state index is 0.0166. The van der Waals surface area contributed by atoms with Crippen molar-refractivity contribution in [1.82, 2.24) is 24.7 Å². The van der Waals surface area contributed by atoms with Gasteiger partial charge in [-0.3, -0.25) is 9.29 Å². The lowest BCUT2D eigenvalue weighted by molar-refractivity contribution is 0.117. The molecule has 3 aromatic rings. The van der Waals surface area contributed by atoms with Gasteiger partial charge >= 0.3 is 0 Å². The Kier molecular flexibility index (Phi) is 7.67. The summed E-state index contributed by atoms with van der Waals surface area (Å²) in [4.78, 5) is 8.36. The maximum atomic E-state index is 13.5. The number of nitrogens with one attached hydrogen (secondary N) is 1. The molecule has 13 heteroatoms. The Labute approximate surface area is 215 Å². The molecule has 1 N–H and O–H groups in total. The Bertz CT molecular complexity index is 1290. The van der Waals surface area contributed by atoms with E-state index >= 15 is 0 Å². The standard InChI is InChI=1S/C23H29ClN6O5S/c1-13(21-25-11-16(24)12-26-21)15(3)36(31,32)29-23-28-27-22(17-9-10-35-14(17)2)30(23)20-18(33-4)7-6-8-19(20)34-5/h6-8,11-15,17H,9-10H2,1-5H3,(H,28,29)/t13?,14-,15?,17-/m0/s1. The van der Waals surface area contributed by atoms with Crippen molar-refractivity contribution in [2.24, 2.45) is 0 Å². The normalized spacial score (nSPS) is 19.6. The van der Waals surface area contributed by atoms with Crippen LogP contribution in [0.3, 0.4) is 0 Å². The first-order valence-electron chi connectivity index (χ1n) is 11.4. The van der Waals surface area contributed by atoms with Gasteiger partial charge in [-0.2, -0.15) is 0 Å². The van der Waals surface area contributed by atoms with Gasteiger partial charge in [-0.05, 0) is 32.4 Å². The summed E-state index contributed by atoms with van der Waals surface area (Å²) in [5.74, 6) is 1.23. The summed E-state index contributed by atoms with van der Waals surface area (Å²) >= 11 is 5.88. The van der Waals surface area contributed by atoms with Crippen molar-refractivity contribution < 1.29 is 22.6 Å². The van der Waals surface area contributed by atoms with Gasteiger partial charge in [-0.25, -0.2) is 18.4 Å². The molecule has 0 saturated carbocycles. The van der Waals surface area contributed by atoms with E-state index in [1.807, 2.05) is 6.92 Å². The molecule has 0 radical (unpaired) electrons. The molecule has 1 fully saturated rings. The van der Waals surface area contributed by atoms with Crippen LogP contribution in [-0.2, 0) is 14.8 Å². The number of hydrogen-bond acceptors (Lipinski definition) is 9. The predicted molar refractivity (Wildman–Crippen MR) is 135 cm³/mol. The van der Waals surface area contributed by atoms with Gasteiger partial charge in [0, 0.05) is 30.8 Å². The Hall–Kier alpha value is -2.96. The van der Waals surface area contributed by atoms with Crippen LogP contribution in [0.2, 0.25) is 5.02 Å². The van der Waals surface area contributed by atoms with Gasteiger partial charge < -0.3 is 14.2 Å². The second-order valence-corrected chi connectivity index (χ2v) is 11.1. The zero-order valence-corrected chi connectivity index (χ0v) is 22.2. The minimum Gasteiger partial charge on any atom is -0.494 e. The maximum Gasteiger partial charge on any atom is 0.243 e. The molecule has 4 atom stereocenters. The summed E-state index contributed by atoms with van der Waals surface area (Å²) in [5, 5.41) is 8.10. The van der Waals surface area contributed by atoms with Gasteiger partial charge in [0.05, 0.1) is 30.6 Å². The maximum absolute atomic E-state index is 13.5. The summed E-state index contributed by atoms with van der Waals surface area (Å²) in [6.45, 7) is 5.85. The van der Waals surface area contributed by atoms with Crippen LogP contribution < -0.4 is 14.2 Å². The zero-order valence-electron chi connectivity index (χ0n) is 20.7. The molecule has 4 rings (SSSR count). The van der Waals surface area contributed by atoms with Gasteiger partial charge in [0.15, 0.2) is 0 Å². The lowest BCUT2D eigenvalue weighted by Crippen LogP contribution is -2.31. The molecule has 2 unspecified atom stereocenters. The molecule has 1 aliphatic heterocycles. The fourth-order valence-electron chi connectivity index (χ4n) is 4.20. The highest BCUT2D eigenvalue weighted by atomic mass is 35.5. The molecule has 36 heavy (non-hydrogen) atoms. The lowest BCUT2D eigenvalue weighted by Gasteiger charge is -2.22. The third-order valence-electron chi connectivity index (χ3n) is 6.50. The van der Waals surface area contributed by atoms with Crippen LogP contribution in [0.15, 0.2) is 30.6 Å². The van der Waals surface area contributed by atoms with E-state index in [1.54, 1.807) is 36.6 Å².